The van der Waals surface area contributed by atoms with E-state index in [4.69, 9.17) is 5.73 Å². The predicted octanol–water partition coefficient (Wildman–Crippen LogP) is 1.87. The summed E-state index contributed by atoms with van der Waals surface area (Å²) in [4.78, 5) is 5.25. The summed E-state index contributed by atoms with van der Waals surface area (Å²) in [5, 5.41) is 3.44. The maximum Gasteiger partial charge on any atom is 0.0352 e. The molecule has 1 aromatic rings. The first-order valence-corrected chi connectivity index (χ1v) is 8.91. The fourth-order valence-electron chi connectivity index (χ4n) is 3.83. The van der Waals surface area contributed by atoms with Crippen LogP contribution in [0.15, 0.2) is 30.9 Å². The monoisotopic (exact) mass is 314 g/mol. The third kappa shape index (κ3) is 4.34. The van der Waals surface area contributed by atoms with Gasteiger partial charge in [-0.1, -0.05) is 18.2 Å². The zero-order chi connectivity index (χ0) is 16.1. The van der Waals surface area contributed by atoms with Gasteiger partial charge in [-0.2, -0.15) is 0 Å². The number of hydrogen-bond acceptors (Lipinski definition) is 4. The van der Waals surface area contributed by atoms with Gasteiger partial charge in [-0.15, -0.1) is 6.58 Å². The van der Waals surface area contributed by atoms with Crippen LogP contribution < -0.4 is 11.1 Å². The molecular formula is C19H30N4. The number of piperazine rings is 1. The van der Waals surface area contributed by atoms with Gasteiger partial charge in [0.2, 0.25) is 0 Å². The van der Waals surface area contributed by atoms with Crippen molar-refractivity contribution in [1.82, 2.24) is 15.1 Å². The summed E-state index contributed by atoms with van der Waals surface area (Å²) in [7, 11) is 0. The van der Waals surface area contributed by atoms with Crippen LogP contribution >= 0.6 is 0 Å². The Balaban J connectivity index is 1.50. The lowest BCUT2D eigenvalue weighted by Gasteiger charge is -2.40. The fourth-order valence-corrected chi connectivity index (χ4v) is 3.83. The number of anilines is 1. The molecule has 23 heavy (non-hydrogen) atoms. The molecule has 2 aliphatic heterocycles. The molecule has 1 aromatic carbocycles. The first-order chi connectivity index (χ1) is 11.3. The number of allylic oxidation sites excluding steroid dienone is 1. The average Bonchev–Trinajstić information content (AvgIpc) is 2.59. The molecule has 0 bridgehead atoms. The number of benzene rings is 1. The number of nitrogen functional groups attached to an aromatic ring is 1. The topological polar surface area (TPSA) is 44.5 Å². The van der Waals surface area contributed by atoms with Crippen molar-refractivity contribution in [2.75, 3.05) is 45.0 Å². The van der Waals surface area contributed by atoms with Crippen LogP contribution in [0.1, 0.15) is 24.0 Å². The van der Waals surface area contributed by atoms with Gasteiger partial charge in [0, 0.05) is 44.5 Å². The molecule has 0 unspecified atom stereocenters. The maximum atomic E-state index is 6.15. The van der Waals surface area contributed by atoms with Crippen LogP contribution in [0, 0.1) is 0 Å². The summed E-state index contributed by atoms with van der Waals surface area (Å²) < 4.78 is 0. The first-order valence-electron chi connectivity index (χ1n) is 8.91. The molecule has 126 valence electrons. The van der Waals surface area contributed by atoms with Crippen LogP contribution in [0.4, 0.5) is 5.69 Å². The van der Waals surface area contributed by atoms with Crippen LogP contribution in [-0.2, 0) is 13.0 Å². The number of nitrogens with zero attached hydrogens (tertiary/aromatic N) is 2. The average molecular weight is 314 g/mol. The Kier molecular flexibility index (Phi) is 5.70. The Hall–Kier alpha value is -1.36. The van der Waals surface area contributed by atoms with Crippen molar-refractivity contribution in [3.05, 3.63) is 42.0 Å². The smallest absolute Gasteiger partial charge is 0.0352 e. The van der Waals surface area contributed by atoms with Crippen molar-refractivity contribution < 1.29 is 0 Å². The van der Waals surface area contributed by atoms with Gasteiger partial charge in [-0.3, -0.25) is 9.80 Å². The molecule has 4 heteroatoms. The number of likely N-dealkylation sites (tertiary alicyclic amines) is 1. The molecule has 2 saturated heterocycles. The quantitative estimate of drug-likeness (QED) is 0.643. The van der Waals surface area contributed by atoms with Gasteiger partial charge in [-0.05, 0) is 49.5 Å². The maximum absolute atomic E-state index is 6.15. The molecule has 2 fully saturated rings. The van der Waals surface area contributed by atoms with Crippen molar-refractivity contribution in [3.63, 3.8) is 0 Å². The van der Waals surface area contributed by atoms with Gasteiger partial charge in [0.15, 0.2) is 0 Å². The zero-order valence-electron chi connectivity index (χ0n) is 14.1. The van der Waals surface area contributed by atoms with E-state index in [-0.39, 0.29) is 0 Å². The molecule has 3 rings (SSSR count). The largest absolute Gasteiger partial charge is 0.398 e. The number of nitrogens with one attached hydrogen (secondary N) is 1. The summed E-state index contributed by atoms with van der Waals surface area (Å²) in [6.45, 7) is 11.9. The van der Waals surface area contributed by atoms with Crippen LogP contribution in [-0.4, -0.2) is 55.1 Å². The molecule has 2 aliphatic rings. The second kappa shape index (κ2) is 7.95. The standard InChI is InChI=1S/C19H30N4/c1-2-3-17-5-4-16(14-19(17)20)15-22-10-6-18(7-11-22)23-12-8-21-9-13-23/h2,4-5,14,18,21H,1,3,6-13,15,20H2. The third-order valence-electron chi connectivity index (χ3n) is 5.21. The van der Waals surface area contributed by atoms with E-state index in [1.54, 1.807) is 0 Å². The van der Waals surface area contributed by atoms with Crippen LogP contribution in [0.3, 0.4) is 0 Å². The number of nitrogens with two attached hydrogens (primary N) is 1. The summed E-state index contributed by atoms with van der Waals surface area (Å²) in [6.07, 6.45) is 5.35. The molecule has 0 aliphatic carbocycles. The molecule has 3 N–H and O–H groups in total. The molecule has 0 radical (unpaired) electrons. The van der Waals surface area contributed by atoms with Gasteiger partial charge < -0.3 is 11.1 Å². The molecule has 0 saturated carbocycles. The van der Waals surface area contributed by atoms with Gasteiger partial charge in [0.25, 0.3) is 0 Å². The van der Waals surface area contributed by atoms with E-state index in [0.29, 0.717) is 0 Å². The summed E-state index contributed by atoms with van der Waals surface area (Å²) in [5.74, 6) is 0. The van der Waals surface area contributed by atoms with E-state index >= 15 is 0 Å². The van der Waals surface area contributed by atoms with E-state index in [1.165, 1.54) is 50.1 Å². The lowest BCUT2D eigenvalue weighted by atomic mass is 10.0. The second-order valence-corrected chi connectivity index (χ2v) is 6.82. The van der Waals surface area contributed by atoms with E-state index in [1.807, 2.05) is 6.08 Å². The summed E-state index contributed by atoms with van der Waals surface area (Å²) in [6, 6.07) is 7.30. The molecule has 0 aromatic heterocycles. The molecule has 0 atom stereocenters. The van der Waals surface area contributed by atoms with E-state index < -0.39 is 0 Å². The van der Waals surface area contributed by atoms with Crippen LogP contribution in [0.25, 0.3) is 0 Å². The second-order valence-electron chi connectivity index (χ2n) is 6.82. The lowest BCUT2D eigenvalue weighted by molar-refractivity contribution is 0.0948. The number of piperidine rings is 1. The van der Waals surface area contributed by atoms with E-state index in [9.17, 15) is 0 Å². The summed E-state index contributed by atoms with van der Waals surface area (Å²) in [5.41, 5.74) is 9.57. The molecule has 4 nitrogen and oxygen atoms in total. The van der Waals surface area contributed by atoms with Gasteiger partial charge in [-0.25, -0.2) is 0 Å². The minimum atomic E-state index is 0.786. The third-order valence-corrected chi connectivity index (χ3v) is 5.21. The van der Waals surface area contributed by atoms with Gasteiger partial charge >= 0.3 is 0 Å². The normalized spacial score (nSPS) is 21.4. The van der Waals surface area contributed by atoms with Gasteiger partial charge in [0.1, 0.15) is 0 Å². The van der Waals surface area contributed by atoms with Crippen LogP contribution in [0.2, 0.25) is 0 Å². The fraction of sp³-hybridized carbons (Fsp3) is 0.579. The Morgan fingerprint density at radius 2 is 1.91 bits per heavy atom. The predicted molar refractivity (Wildman–Crippen MR) is 97.5 cm³/mol. The van der Waals surface area contributed by atoms with Crippen molar-refractivity contribution in [2.45, 2.75) is 31.8 Å². The Bertz CT molecular complexity index is 514. The highest BCUT2D eigenvalue weighted by molar-refractivity contribution is 5.50. The highest BCUT2D eigenvalue weighted by Crippen LogP contribution is 2.21. The molecule has 2 heterocycles. The minimum Gasteiger partial charge on any atom is -0.398 e. The van der Waals surface area contributed by atoms with E-state index in [0.717, 1.165) is 37.8 Å². The highest BCUT2D eigenvalue weighted by atomic mass is 15.2. The Morgan fingerprint density at radius 3 is 2.57 bits per heavy atom. The molecule has 0 amide bonds. The van der Waals surface area contributed by atoms with Crippen molar-refractivity contribution in [3.8, 4) is 0 Å². The Morgan fingerprint density at radius 1 is 1.17 bits per heavy atom. The molecule has 0 spiro atoms. The Labute approximate surface area is 140 Å². The lowest BCUT2D eigenvalue weighted by Crippen LogP contribution is -2.51. The SMILES string of the molecule is C=CCc1ccc(CN2CCC(N3CCNCC3)CC2)cc1N. The van der Waals surface area contributed by atoms with Gasteiger partial charge in [0.05, 0.1) is 0 Å². The first kappa shape index (κ1) is 16.5. The van der Waals surface area contributed by atoms with Crippen molar-refractivity contribution in [2.24, 2.45) is 0 Å². The van der Waals surface area contributed by atoms with Crippen molar-refractivity contribution in [1.29, 1.82) is 0 Å². The number of rotatable bonds is 5. The van der Waals surface area contributed by atoms with E-state index in [2.05, 4.69) is 39.9 Å². The highest BCUT2D eigenvalue weighted by Gasteiger charge is 2.25. The zero-order valence-corrected chi connectivity index (χ0v) is 14.1. The number of hydrogen-bond donors (Lipinski definition) is 2. The van der Waals surface area contributed by atoms with Crippen LogP contribution in [0.5, 0.6) is 0 Å². The minimum absolute atomic E-state index is 0.786. The molecular weight excluding hydrogens is 284 g/mol. The van der Waals surface area contributed by atoms with Crippen molar-refractivity contribution >= 4 is 5.69 Å². The summed E-state index contributed by atoms with van der Waals surface area (Å²) >= 11 is 0.